The lowest BCUT2D eigenvalue weighted by molar-refractivity contribution is -0.115. The smallest absolute Gasteiger partial charge is 0.162 e. The van der Waals surface area contributed by atoms with Gasteiger partial charge in [0.2, 0.25) is 0 Å². The molecule has 1 heteroatoms. The molecule has 1 nitrogen and oxygen atoms in total. The van der Waals surface area contributed by atoms with E-state index in [2.05, 4.69) is 13.2 Å². The molecule has 0 heterocycles. The summed E-state index contributed by atoms with van der Waals surface area (Å²) >= 11 is 0. The molecule has 1 saturated carbocycles. The highest BCUT2D eigenvalue weighted by Gasteiger charge is 2.15. The van der Waals surface area contributed by atoms with Gasteiger partial charge in [0.15, 0.2) is 5.78 Å². The Morgan fingerprint density at radius 2 is 1.89 bits per heavy atom. The molecule has 0 spiro atoms. The highest BCUT2D eigenvalue weighted by Crippen LogP contribution is 2.22. The number of carbonyl (C=O) groups excluding carboxylic acids is 1. The minimum Gasteiger partial charge on any atom is -0.294 e. The Hall–Kier alpha value is -0.850. The molecule has 0 saturated heterocycles. The number of carbonyl (C=O) groups is 1. The lowest BCUT2D eigenvalue weighted by Gasteiger charge is -2.13. The van der Waals surface area contributed by atoms with Crippen molar-refractivity contribution < 1.29 is 4.79 Å². The summed E-state index contributed by atoms with van der Waals surface area (Å²) in [5.41, 5.74) is 1.56. The highest BCUT2D eigenvalue weighted by atomic mass is 16.1. The van der Waals surface area contributed by atoms with Gasteiger partial charge in [0.1, 0.15) is 0 Å². The standard InChI is InChI=1S/C8H10O/c1-6-4-3-5-8(9)7(6)2/h1-5H2. The van der Waals surface area contributed by atoms with Crippen molar-refractivity contribution in [1.82, 2.24) is 0 Å². The summed E-state index contributed by atoms with van der Waals surface area (Å²) < 4.78 is 0. The fourth-order valence-corrected chi connectivity index (χ4v) is 0.961. The van der Waals surface area contributed by atoms with E-state index >= 15 is 0 Å². The Kier molecular flexibility index (Phi) is 1.52. The van der Waals surface area contributed by atoms with E-state index in [-0.39, 0.29) is 5.78 Å². The summed E-state index contributed by atoms with van der Waals surface area (Å²) in [7, 11) is 0. The van der Waals surface area contributed by atoms with Gasteiger partial charge in [-0.25, -0.2) is 0 Å². The van der Waals surface area contributed by atoms with Gasteiger partial charge in [-0.1, -0.05) is 13.2 Å². The van der Waals surface area contributed by atoms with Crippen molar-refractivity contribution in [2.75, 3.05) is 0 Å². The van der Waals surface area contributed by atoms with Crippen LogP contribution in [0.2, 0.25) is 0 Å². The van der Waals surface area contributed by atoms with Gasteiger partial charge < -0.3 is 0 Å². The average molecular weight is 122 g/mol. The Morgan fingerprint density at radius 3 is 2.33 bits per heavy atom. The van der Waals surface area contributed by atoms with Crippen LogP contribution < -0.4 is 0 Å². The van der Waals surface area contributed by atoms with Crippen molar-refractivity contribution in [3.8, 4) is 0 Å². The van der Waals surface area contributed by atoms with Gasteiger partial charge in [-0.3, -0.25) is 4.79 Å². The molecule has 1 fully saturated rings. The van der Waals surface area contributed by atoms with Crippen molar-refractivity contribution in [3.63, 3.8) is 0 Å². The van der Waals surface area contributed by atoms with Crippen molar-refractivity contribution in [3.05, 3.63) is 24.3 Å². The minimum absolute atomic E-state index is 0.172. The average Bonchev–Trinajstić information content (AvgIpc) is 1.83. The molecular formula is C8H10O. The fourth-order valence-electron chi connectivity index (χ4n) is 0.961. The summed E-state index contributed by atoms with van der Waals surface area (Å²) in [6.45, 7) is 7.35. The second kappa shape index (κ2) is 2.18. The highest BCUT2D eigenvalue weighted by molar-refractivity contribution is 5.99. The zero-order valence-electron chi connectivity index (χ0n) is 5.44. The van der Waals surface area contributed by atoms with E-state index in [0.717, 1.165) is 18.4 Å². The molecule has 0 aromatic heterocycles. The molecule has 0 N–H and O–H groups in total. The molecule has 0 radical (unpaired) electrons. The van der Waals surface area contributed by atoms with Crippen LogP contribution in [-0.4, -0.2) is 5.78 Å². The summed E-state index contributed by atoms with van der Waals surface area (Å²) in [5.74, 6) is 0.172. The Morgan fingerprint density at radius 1 is 1.22 bits per heavy atom. The van der Waals surface area contributed by atoms with Crippen LogP contribution in [-0.2, 0) is 4.79 Å². The molecular weight excluding hydrogens is 112 g/mol. The number of hydrogen-bond donors (Lipinski definition) is 0. The number of rotatable bonds is 0. The second-order valence-corrected chi connectivity index (χ2v) is 2.36. The first kappa shape index (κ1) is 6.27. The van der Waals surface area contributed by atoms with Crippen LogP contribution in [0, 0.1) is 0 Å². The van der Waals surface area contributed by atoms with E-state index in [9.17, 15) is 4.79 Å². The summed E-state index contributed by atoms with van der Waals surface area (Å²) in [6, 6.07) is 0. The van der Waals surface area contributed by atoms with Crippen molar-refractivity contribution in [2.45, 2.75) is 19.3 Å². The molecule has 1 rings (SSSR count). The fraction of sp³-hybridized carbons (Fsp3) is 0.375. The quantitative estimate of drug-likeness (QED) is 0.448. The van der Waals surface area contributed by atoms with Gasteiger partial charge in [0.05, 0.1) is 0 Å². The molecule has 0 aromatic carbocycles. The lowest BCUT2D eigenvalue weighted by atomic mass is 9.91. The monoisotopic (exact) mass is 122 g/mol. The van der Waals surface area contributed by atoms with Crippen LogP contribution in [0.4, 0.5) is 0 Å². The number of allylic oxidation sites excluding steroid dienone is 2. The van der Waals surface area contributed by atoms with Crippen LogP contribution in [0.15, 0.2) is 24.3 Å². The molecule has 0 amide bonds. The number of ketones is 1. The maximum atomic E-state index is 10.8. The van der Waals surface area contributed by atoms with Gasteiger partial charge in [0, 0.05) is 12.0 Å². The first-order valence-electron chi connectivity index (χ1n) is 3.12. The van der Waals surface area contributed by atoms with Gasteiger partial charge in [-0.05, 0) is 18.4 Å². The van der Waals surface area contributed by atoms with Crippen LogP contribution in [0.5, 0.6) is 0 Å². The first-order valence-corrected chi connectivity index (χ1v) is 3.12. The predicted molar refractivity (Wildman–Crippen MR) is 37.1 cm³/mol. The molecule has 9 heavy (non-hydrogen) atoms. The summed E-state index contributed by atoms with van der Waals surface area (Å²) in [4.78, 5) is 10.8. The van der Waals surface area contributed by atoms with Gasteiger partial charge in [-0.15, -0.1) is 0 Å². The zero-order chi connectivity index (χ0) is 6.85. The molecule has 0 atom stereocenters. The third-order valence-electron chi connectivity index (χ3n) is 1.65. The van der Waals surface area contributed by atoms with E-state index < -0.39 is 0 Å². The molecule has 0 unspecified atom stereocenters. The van der Waals surface area contributed by atoms with E-state index in [1.54, 1.807) is 0 Å². The second-order valence-electron chi connectivity index (χ2n) is 2.36. The SMILES string of the molecule is C=C1CCCC(=O)C1=C. The first-order chi connectivity index (χ1) is 4.22. The number of hydrogen-bond acceptors (Lipinski definition) is 1. The topological polar surface area (TPSA) is 17.1 Å². The van der Waals surface area contributed by atoms with Crippen LogP contribution >= 0.6 is 0 Å². The maximum Gasteiger partial charge on any atom is 0.162 e. The molecule has 0 bridgehead atoms. The van der Waals surface area contributed by atoms with Gasteiger partial charge >= 0.3 is 0 Å². The van der Waals surface area contributed by atoms with Crippen molar-refractivity contribution in [1.29, 1.82) is 0 Å². The molecule has 0 aliphatic heterocycles. The van der Waals surface area contributed by atoms with E-state index in [1.807, 2.05) is 0 Å². The molecule has 0 aromatic rings. The van der Waals surface area contributed by atoms with Crippen LogP contribution in [0.1, 0.15) is 19.3 Å². The number of Topliss-reactive ketones (excluding diaryl/α,β-unsaturated/α-hetero) is 1. The van der Waals surface area contributed by atoms with Gasteiger partial charge in [-0.2, -0.15) is 0 Å². The minimum atomic E-state index is 0.172. The third kappa shape index (κ3) is 1.10. The van der Waals surface area contributed by atoms with E-state index in [0.29, 0.717) is 12.0 Å². The van der Waals surface area contributed by atoms with Crippen molar-refractivity contribution in [2.24, 2.45) is 0 Å². The van der Waals surface area contributed by atoms with E-state index in [1.165, 1.54) is 0 Å². The van der Waals surface area contributed by atoms with Crippen LogP contribution in [0.3, 0.4) is 0 Å². The van der Waals surface area contributed by atoms with Gasteiger partial charge in [0.25, 0.3) is 0 Å². The summed E-state index contributed by atoms with van der Waals surface area (Å²) in [6.07, 6.45) is 2.57. The predicted octanol–water partition coefficient (Wildman–Crippen LogP) is 1.85. The molecule has 1 aliphatic carbocycles. The zero-order valence-corrected chi connectivity index (χ0v) is 5.44. The lowest BCUT2D eigenvalue weighted by Crippen LogP contribution is -2.08. The Labute approximate surface area is 55.1 Å². The van der Waals surface area contributed by atoms with Crippen LogP contribution in [0.25, 0.3) is 0 Å². The largest absolute Gasteiger partial charge is 0.294 e. The Bertz CT molecular complexity index is 159. The molecule has 1 aliphatic rings. The molecule has 48 valence electrons. The summed E-state index contributed by atoms with van der Waals surface area (Å²) in [5, 5.41) is 0. The van der Waals surface area contributed by atoms with Crippen molar-refractivity contribution >= 4 is 5.78 Å². The Balaban J connectivity index is 2.74. The maximum absolute atomic E-state index is 10.8. The van der Waals surface area contributed by atoms with E-state index in [4.69, 9.17) is 0 Å². The third-order valence-corrected chi connectivity index (χ3v) is 1.65. The normalized spacial score (nSPS) is 20.7.